The lowest BCUT2D eigenvalue weighted by molar-refractivity contribution is 0.0746. The molecular weight excluding hydrogens is 400 g/mol. The number of fused-ring (bicyclic) bond motifs is 1. The van der Waals surface area contributed by atoms with Gasteiger partial charge in [-0.3, -0.25) is 4.79 Å². The molecule has 3 heterocycles. The van der Waals surface area contributed by atoms with Crippen molar-refractivity contribution < 1.29 is 9.32 Å². The first-order valence-corrected chi connectivity index (χ1v) is 10.2. The monoisotopic (exact) mass is 418 g/mol. The number of amides is 1. The minimum Gasteiger partial charge on any atom is -0.355 e. The van der Waals surface area contributed by atoms with Gasteiger partial charge in [-0.05, 0) is 54.6 Å². The second-order valence-corrected chi connectivity index (χ2v) is 7.65. The van der Waals surface area contributed by atoms with E-state index in [1.54, 1.807) is 18.3 Å². The van der Waals surface area contributed by atoms with E-state index in [4.69, 9.17) is 16.1 Å². The zero-order valence-corrected chi connectivity index (χ0v) is 16.9. The van der Waals surface area contributed by atoms with E-state index in [1.807, 2.05) is 53.4 Å². The quantitative estimate of drug-likeness (QED) is 0.490. The van der Waals surface area contributed by atoms with Crippen LogP contribution in [-0.4, -0.2) is 47.1 Å². The fourth-order valence-electron chi connectivity index (χ4n) is 3.75. The van der Waals surface area contributed by atoms with E-state index in [2.05, 4.69) is 15.0 Å². The second-order valence-electron chi connectivity index (χ2n) is 7.22. The van der Waals surface area contributed by atoms with Gasteiger partial charge >= 0.3 is 0 Å². The number of anilines is 1. The van der Waals surface area contributed by atoms with Gasteiger partial charge in [-0.15, -0.1) is 0 Å². The van der Waals surface area contributed by atoms with E-state index in [-0.39, 0.29) is 5.91 Å². The van der Waals surface area contributed by atoms with Gasteiger partial charge in [0.25, 0.3) is 5.91 Å². The molecule has 2 aromatic heterocycles. The Labute approximate surface area is 178 Å². The predicted molar refractivity (Wildman–Crippen MR) is 117 cm³/mol. The highest BCUT2D eigenvalue weighted by Crippen LogP contribution is 2.30. The Morgan fingerprint density at radius 2 is 1.77 bits per heavy atom. The number of benzene rings is 2. The van der Waals surface area contributed by atoms with Crippen molar-refractivity contribution in [1.29, 1.82) is 0 Å². The number of rotatable bonds is 3. The molecule has 1 saturated heterocycles. The summed E-state index contributed by atoms with van der Waals surface area (Å²) in [6.45, 7) is 2.82. The molecule has 0 N–H and O–H groups in total. The van der Waals surface area contributed by atoms with Crippen molar-refractivity contribution in [3.05, 3.63) is 77.4 Å². The maximum Gasteiger partial charge on any atom is 0.254 e. The van der Waals surface area contributed by atoms with E-state index >= 15 is 0 Å². The highest BCUT2D eigenvalue weighted by atomic mass is 35.5. The highest BCUT2D eigenvalue weighted by Gasteiger charge is 2.23. The van der Waals surface area contributed by atoms with Crippen molar-refractivity contribution in [2.45, 2.75) is 0 Å². The molecule has 1 fully saturated rings. The van der Waals surface area contributed by atoms with Crippen molar-refractivity contribution >= 4 is 34.2 Å². The number of hydrogen-bond donors (Lipinski definition) is 0. The molecule has 0 bridgehead atoms. The lowest BCUT2D eigenvalue weighted by Gasteiger charge is -2.35. The molecular formula is C23H19ClN4O2. The Kier molecular flexibility index (Phi) is 4.85. The summed E-state index contributed by atoms with van der Waals surface area (Å²) >= 11 is 5.99. The van der Waals surface area contributed by atoms with Crippen LogP contribution in [0.1, 0.15) is 10.4 Å². The van der Waals surface area contributed by atoms with Crippen LogP contribution in [0.3, 0.4) is 0 Å². The molecule has 5 rings (SSSR count). The topological polar surface area (TPSA) is 62.5 Å². The molecule has 4 aromatic rings. The second kappa shape index (κ2) is 7.80. The first-order valence-electron chi connectivity index (χ1n) is 9.80. The smallest absolute Gasteiger partial charge is 0.254 e. The molecule has 1 amide bonds. The normalized spacial score (nSPS) is 14.3. The third-order valence-electron chi connectivity index (χ3n) is 5.37. The molecule has 0 aliphatic carbocycles. The molecule has 6 nitrogen and oxygen atoms in total. The zero-order chi connectivity index (χ0) is 20.5. The van der Waals surface area contributed by atoms with Crippen LogP contribution in [0, 0.1) is 0 Å². The van der Waals surface area contributed by atoms with E-state index < -0.39 is 0 Å². The number of aromatic nitrogens is 2. The number of halogens is 1. The van der Waals surface area contributed by atoms with Crippen LogP contribution in [0.2, 0.25) is 5.02 Å². The van der Waals surface area contributed by atoms with E-state index in [0.29, 0.717) is 29.4 Å². The standard InChI is InChI=1S/C23H19ClN4O2/c24-18-7-4-16(5-8-18)22-19-15-17(6-9-20(19)26-30-22)23(29)28-13-11-27(12-14-28)21-3-1-2-10-25-21/h1-10,15H,11-14H2. The summed E-state index contributed by atoms with van der Waals surface area (Å²) in [5, 5.41) is 5.60. The molecule has 30 heavy (non-hydrogen) atoms. The first kappa shape index (κ1) is 18.6. The van der Waals surface area contributed by atoms with Crippen LogP contribution in [0.5, 0.6) is 0 Å². The van der Waals surface area contributed by atoms with E-state index in [9.17, 15) is 4.79 Å². The molecule has 0 atom stereocenters. The molecule has 0 saturated carbocycles. The van der Waals surface area contributed by atoms with Crippen molar-refractivity contribution in [2.24, 2.45) is 0 Å². The maximum absolute atomic E-state index is 13.1. The molecule has 2 aromatic carbocycles. The van der Waals surface area contributed by atoms with Crippen LogP contribution < -0.4 is 4.90 Å². The number of carbonyl (C=O) groups is 1. The summed E-state index contributed by atoms with van der Waals surface area (Å²) in [4.78, 5) is 21.6. The molecule has 150 valence electrons. The molecule has 7 heteroatoms. The van der Waals surface area contributed by atoms with Gasteiger partial charge < -0.3 is 14.3 Å². The van der Waals surface area contributed by atoms with Gasteiger partial charge in [-0.1, -0.05) is 22.8 Å². The van der Waals surface area contributed by atoms with Crippen LogP contribution in [0.25, 0.3) is 22.2 Å². The number of hydrogen-bond acceptors (Lipinski definition) is 5. The van der Waals surface area contributed by atoms with Crippen molar-refractivity contribution in [1.82, 2.24) is 15.0 Å². The third kappa shape index (κ3) is 3.50. The van der Waals surface area contributed by atoms with Crippen LogP contribution in [0.4, 0.5) is 5.82 Å². The third-order valence-corrected chi connectivity index (χ3v) is 5.62. The summed E-state index contributed by atoms with van der Waals surface area (Å²) in [7, 11) is 0. The van der Waals surface area contributed by atoms with Crippen molar-refractivity contribution in [2.75, 3.05) is 31.1 Å². The zero-order valence-electron chi connectivity index (χ0n) is 16.2. The summed E-state index contributed by atoms with van der Waals surface area (Å²) < 4.78 is 5.55. The van der Waals surface area contributed by atoms with Gasteiger partial charge in [0.2, 0.25) is 0 Å². The molecule has 1 aliphatic heterocycles. The van der Waals surface area contributed by atoms with Gasteiger partial charge in [0.05, 0.1) is 5.39 Å². The van der Waals surface area contributed by atoms with Gasteiger partial charge in [0, 0.05) is 48.5 Å². The number of pyridine rings is 1. The minimum absolute atomic E-state index is 0.0147. The Morgan fingerprint density at radius 3 is 2.50 bits per heavy atom. The Bertz CT molecular complexity index is 1180. The first-order chi connectivity index (χ1) is 14.7. The largest absolute Gasteiger partial charge is 0.355 e. The summed E-state index contributed by atoms with van der Waals surface area (Å²) in [5.74, 6) is 1.60. The van der Waals surface area contributed by atoms with Gasteiger partial charge in [-0.25, -0.2) is 4.98 Å². The average Bonchev–Trinajstić information content (AvgIpc) is 3.23. The van der Waals surface area contributed by atoms with Gasteiger partial charge in [0.15, 0.2) is 5.76 Å². The van der Waals surface area contributed by atoms with Gasteiger partial charge in [0.1, 0.15) is 11.3 Å². The van der Waals surface area contributed by atoms with Gasteiger partial charge in [-0.2, -0.15) is 0 Å². The van der Waals surface area contributed by atoms with Crippen LogP contribution in [-0.2, 0) is 0 Å². The molecule has 0 radical (unpaired) electrons. The highest BCUT2D eigenvalue weighted by molar-refractivity contribution is 6.30. The van der Waals surface area contributed by atoms with Crippen molar-refractivity contribution in [3.63, 3.8) is 0 Å². The van der Waals surface area contributed by atoms with E-state index in [1.165, 1.54) is 0 Å². The SMILES string of the molecule is O=C(c1ccc2noc(-c3ccc(Cl)cc3)c2c1)N1CCN(c2ccccn2)CC1. The molecule has 0 unspecified atom stereocenters. The fraction of sp³-hybridized carbons (Fsp3) is 0.174. The minimum atomic E-state index is 0.0147. The van der Waals surface area contributed by atoms with Crippen LogP contribution >= 0.6 is 11.6 Å². The predicted octanol–water partition coefficient (Wildman–Crippen LogP) is 4.51. The number of carbonyl (C=O) groups excluding carboxylic acids is 1. The number of piperazine rings is 1. The Hall–Kier alpha value is -3.38. The Balaban J connectivity index is 1.36. The number of nitrogens with zero attached hydrogens (tertiary/aromatic N) is 4. The van der Waals surface area contributed by atoms with E-state index in [0.717, 1.165) is 35.4 Å². The summed E-state index contributed by atoms with van der Waals surface area (Å²) in [5.41, 5.74) is 2.22. The molecule has 0 spiro atoms. The summed E-state index contributed by atoms with van der Waals surface area (Å²) in [6.07, 6.45) is 1.79. The van der Waals surface area contributed by atoms with Crippen molar-refractivity contribution in [3.8, 4) is 11.3 Å². The lowest BCUT2D eigenvalue weighted by atomic mass is 10.1. The average molecular weight is 419 g/mol. The Morgan fingerprint density at radius 1 is 0.967 bits per heavy atom. The fourth-order valence-corrected chi connectivity index (χ4v) is 3.87. The van der Waals surface area contributed by atoms with Crippen LogP contribution in [0.15, 0.2) is 71.4 Å². The lowest BCUT2D eigenvalue weighted by Crippen LogP contribution is -2.49. The molecule has 1 aliphatic rings. The maximum atomic E-state index is 13.1. The summed E-state index contributed by atoms with van der Waals surface area (Å²) in [6, 6.07) is 18.8.